The quantitative estimate of drug-likeness (QED) is 0.398. The van der Waals surface area contributed by atoms with Gasteiger partial charge in [0.1, 0.15) is 0 Å². The fourth-order valence-corrected chi connectivity index (χ4v) is 1.96. The molecule has 0 unspecified atom stereocenters. The number of alkyl halides is 1. The molecule has 0 aromatic heterocycles. The van der Waals surface area contributed by atoms with E-state index in [1.54, 1.807) is 0 Å². The summed E-state index contributed by atoms with van der Waals surface area (Å²) >= 11 is 5.94. The van der Waals surface area contributed by atoms with Gasteiger partial charge in [-0.1, -0.05) is 27.2 Å². The van der Waals surface area contributed by atoms with Crippen LogP contribution >= 0.6 is 11.6 Å². The first-order valence-electron chi connectivity index (χ1n) is 6.58. The summed E-state index contributed by atoms with van der Waals surface area (Å²) in [7, 11) is 0. The van der Waals surface area contributed by atoms with E-state index in [9.17, 15) is 8.78 Å². The zero-order valence-electron chi connectivity index (χ0n) is 12.3. The molecule has 1 nitrogen and oxygen atoms in total. The Morgan fingerprint density at radius 2 is 1.95 bits per heavy atom. The largest absolute Gasteiger partial charge is 0.420 e. The third kappa shape index (κ3) is 6.11. The zero-order chi connectivity index (χ0) is 14.5. The van der Waals surface area contributed by atoms with Gasteiger partial charge in [-0.15, -0.1) is 29.8 Å². The molecule has 1 rings (SSSR count). The van der Waals surface area contributed by atoms with E-state index in [4.69, 9.17) is 11.6 Å². The minimum Gasteiger partial charge on any atom is -0.420 e. The van der Waals surface area contributed by atoms with Crippen LogP contribution in [-0.4, -0.2) is 19.0 Å². The van der Waals surface area contributed by atoms with Gasteiger partial charge in [0.2, 0.25) is 0 Å². The van der Waals surface area contributed by atoms with E-state index in [0.29, 0.717) is 18.1 Å². The maximum absolute atomic E-state index is 13.8. The predicted octanol–water partition coefficient (Wildman–Crippen LogP) is 4.63. The van der Waals surface area contributed by atoms with Gasteiger partial charge in [0.05, 0.1) is 0 Å². The molecule has 0 aliphatic heterocycles. The molecule has 0 N–H and O–H groups in total. The average Bonchev–Trinajstić information content (AvgIpc) is 2.35. The number of halogens is 3. The second-order valence-corrected chi connectivity index (χ2v) is 5.85. The molecule has 112 valence electrons. The first kappa shape index (κ1) is 19.9. The van der Waals surface area contributed by atoms with Crippen molar-refractivity contribution < 1.29 is 30.5 Å². The van der Waals surface area contributed by atoms with Crippen LogP contribution in [0.25, 0.3) is 0 Å². The predicted molar refractivity (Wildman–Crippen MR) is 76.8 cm³/mol. The van der Waals surface area contributed by atoms with Crippen LogP contribution < -0.4 is 4.90 Å². The molecule has 0 bridgehead atoms. The molecule has 0 aliphatic carbocycles. The summed E-state index contributed by atoms with van der Waals surface area (Å²) in [4.78, 5) is 1.93. The fraction of sp³-hybridized carbons (Fsp3) is 0.600. The third-order valence-corrected chi connectivity index (χ3v) is 3.67. The monoisotopic (exact) mass is 336 g/mol. The molecular weight excluding hydrogens is 315 g/mol. The Bertz CT molecular complexity index is 413. The molecule has 1 aromatic rings. The molecule has 5 heteroatoms. The summed E-state index contributed by atoms with van der Waals surface area (Å²) in [5, 5.41) is 0. The topological polar surface area (TPSA) is 3.24 Å². The van der Waals surface area contributed by atoms with Crippen LogP contribution in [0, 0.1) is 23.1 Å². The summed E-state index contributed by atoms with van der Waals surface area (Å²) in [6.07, 6.45) is 1.97. The first-order chi connectivity index (χ1) is 8.89. The number of benzene rings is 1. The van der Waals surface area contributed by atoms with E-state index in [2.05, 4.69) is 13.0 Å². The molecule has 0 amide bonds. The van der Waals surface area contributed by atoms with Gasteiger partial charge < -0.3 is 4.90 Å². The van der Waals surface area contributed by atoms with Gasteiger partial charge in [-0.05, 0) is 17.5 Å². The second-order valence-electron chi connectivity index (χ2n) is 5.58. The van der Waals surface area contributed by atoms with E-state index < -0.39 is 11.6 Å². The summed E-state index contributed by atoms with van der Waals surface area (Å²) in [5.74, 6) is -0.822. The summed E-state index contributed by atoms with van der Waals surface area (Å²) < 4.78 is 26.8. The van der Waals surface area contributed by atoms with Gasteiger partial charge in [-0.2, -0.15) is 0 Å². The number of anilines is 1. The van der Waals surface area contributed by atoms with E-state index in [1.165, 1.54) is 12.1 Å². The second kappa shape index (κ2) is 9.02. The molecule has 0 atom stereocenters. The number of nitrogens with zero attached hydrogens (tertiary/aromatic N) is 1. The van der Waals surface area contributed by atoms with Crippen molar-refractivity contribution in [1.29, 1.82) is 0 Å². The molecule has 1 aromatic carbocycles. The molecule has 0 fully saturated rings. The van der Waals surface area contributed by atoms with Gasteiger partial charge in [-0.25, -0.2) is 8.78 Å². The molecular formula is C15H21ClF2NTi-. The van der Waals surface area contributed by atoms with Crippen molar-refractivity contribution in [3.05, 3.63) is 29.8 Å². The van der Waals surface area contributed by atoms with E-state index >= 15 is 0 Å². The number of hydrogen-bond acceptors (Lipinski definition) is 1. The Labute approximate surface area is 140 Å². The van der Waals surface area contributed by atoms with E-state index in [-0.39, 0.29) is 27.1 Å². The van der Waals surface area contributed by atoms with Gasteiger partial charge in [-0.3, -0.25) is 0 Å². The Morgan fingerprint density at radius 1 is 1.30 bits per heavy atom. The molecule has 0 radical (unpaired) electrons. The van der Waals surface area contributed by atoms with E-state index in [0.717, 1.165) is 19.4 Å². The smallest absolute Gasteiger partial charge is 0.0361 e. The van der Waals surface area contributed by atoms with Crippen LogP contribution in [0.4, 0.5) is 14.5 Å². The number of unbranched alkanes of at least 4 members (excludes halogenated alkanes) is 1. The summed E-state index contributed by atoms with van der Waals surface area (Å²) in [6, 6.07) is 4.81. The Morgan fingerprint density at radius 3 is 2.45 bits per heavy atom. The minimum atomic E-state index is -0.673. The van der Waals surface area contributed by atoms with Gasteiger partial charge in [0.25, 0.3) is 0 Å². The molecule has 0 aliphatic rings. The Balaban J connectivity index is 0.00000361. The van der Waals surface area contributed by atoms with Gasteiger partial charge in [0, 0.05) is 52.3 Å². The zero-order valence-corrected chi connectivity index (χ0v) is 14.6. The van der Waals surface area contributed by atoms with Crippen molar-refractivity contribution in [2.75, 3.05) is 23.9 Å². The maximum atomic E-state index is 13.8. The normalized spacial score (nSPS) is 11.1. The molecule has 0 saturated carbocycles. The molecule has 0 heterocycles. The summed E-state index contributed by atoms with van der Waals surface area (Å²) in [6.45, 7) is 7.51. The van der Waals surface area contributed by atoms with Crippen molar-refractivity contribution >= 4 is 17.3 Å². The SMILES string of the molecule is CCCCN(CC(C)(C)CCl)c1ccc(F)[c-]c1F.[Ti]. The minimum absolute atomic E-state index is 0. The first-order valence-corrected chi connectivity index (χ1v) is 7.11. The van der Waals surface area contributed by atoms with Crippen molar-refractivity contribution in [2.45, 2.75) is 33.6 Å². The maximum Gasteiger partial charge on any atom is 0.0361 e. The standard InChI is InChI=1S/C15H21ClF2N.Ti/c1-4-5-8-19(11-15(2,3)10-16)14-7-6-12(17)9-13(14)18;/h6-7H,4-5,8,10-11H2,1-3H3;/q-1;. The molecule has 20 heavy (non-hydrogen) atoms. The van der Waals surface area contributed by atoms with Gasteiger partial charge >= 0.3 is 0 Å². The molecule has 0 saturated heterocycles. The molecule has 0 spiro atoms. The van der Waals surface area contributed by atoms with E-state index in [1.807, 2.05) is 18.7 Å². The average molecular weight is 337 g/mol. The van der Waals surface area contributed by atoms with Crippen molar-refractivity contribution in [3.8, 4) is 0 Å². The van der Waals surface area contributed by atoms with Crippen LogP contribution in [0.1, 0.15) is 33.6 Å². The van der Waals surface area contributed by atoms with Gasteiger partial charge in [0.15, 0.2) is 0 Å². The number of hydrogen-bond donors (Lipinski definition) is 0. The van der Waals surface area contributed by atoms with Crippen LogP contribution in [0.2, 0.25) is 0 Å². The fourth-order valence-electron chi connectivity index (χ4n) is 1.87. The van der Waals surface area contributed by atoms with Crippen molar-refractivity contribution in [1.82, 2.24) is 0 Å². The third-order valence-electron chi connectivity index (χ3n) is 2.94. The van der Waals surface area contributed by atoms with Crippen LogP contribution in [0.15, 0.2) is 12.1 Å². The van der Waals surface area contributed by atoms with Crippen LogP contribution in [0.5, 0.6) is 0 Å². The Hall–Kier alpha value is -0.116. The van der Waals surface area contributed by atoms with Crippen LogP contribution in [-0.2, 0) is 21.7 Å². The Kier molecular flexibility index (Phi) is 8.96. The number of rotatable bonds is 7. The summed E-state index contributed by atoms with van der Waals surface area (Å²) in [5.41, 5.74) is 0.267. The van der Waals surface area contributed by atoms with Crippen molar-refractivity contribution in [3.63, 3.8) is 0 Å². The van der Waals surface area contributed by atoms with Crippen LogP contribution in [0.3, 0.4) is 0 Å². The van der Waals surface area contributed by atoms with Crippen molar-refractivity contribution in [2.24, 2.45) is 5.41 Å².